The predicted octanol–water partition coefficient (Wildman–Crippen LogP) is 1.43. The molecule has 19 heavy (non-hydrogen) atoms. The molecule has 0 saturated heterocycles. The number of aliphatic hydroxyl groups excluding tert-OH is 2. The van der Waals surface area contributed by atoms with Gasteiger partial charge < -0.3 is 20.3 Å². The van der Waals surface area contributed by atoms with Crippen LogP contribution in [0.5, 0.6) is 5.75 Å². The molecular weight excluding hydrogens is 262 g/mol. The number of nitrogens with one attached hydrogen (secondary N) is 1. The predicted molar refractivity (Wildman–Crippen MR) is 79.9 cm³/mol. The lowest BCUT2D eigenvalue weighted by atomic mass is 10.1. The normalized spacial score (nSPS) is 12.4. The van der Waals surface area contributed by atoms with Crippen molar-refractivity contribution in [2.75, 3.05) is 38.3 Å². The summed E-state index contributed by atoms with van der Waals surface area (Å²) in [5, 5.41) is 21.8. The lowest BCUT2D eigenvalue weighted by molar-refractivity contribution is 0.175. The van der Waals surface area contributed by atoms with Gasteiger partial charge in [0, 0.05) is 25.4 Å². The van der Waals surface area contributed by atoms with Crippen molar-refractivity contribution in [2.24, 2.45) is 0 Å². The van der Waals surface area contributed by atoms with Crippen LogP contribution in [0.4, 0.5) is 0 Å². The van der Waals surface area contributed by atoms with E-state index in [-0.39, 0.29) is 6.61 Å². The number of benzene rings is 1. The van der Waals surface area contributed by atoms with Gasteiger partial charge in [0.05, 0.1) is 13.2 Å². The van der Waals surface area contributed by atoms with Crippen molar-refractivity contribution in [3.05, 3.63) is 29.8 Å². The molecule has 4 nitrogen and oxygen atoms in total. The average Bonchev–Trinajstić information content (AvgIpc) is 2.46. The van der Waals surface area contributed by atoms with Gasteiger partial charge in [-0.25, -0.2) is 0 Å². The number of ether oxygens (including phenoxy) is 1. The topological polar surface area (TPSA) is 61.7 Å². The fraction of sp³-hybridized carbons (Fsp3) is 0.571. The number of rotatable bonds is 10. The Kier molecular flexibility index (Phi) is 8.66. The van der Waals surface area contributed by atoms with E-state index in [1.54, 1.807) is 7.11 Å². The maximum Gasteiger partial charge on any atom is 0.118 e. The fourth-order valence-corrected chi connectivity index (χ4v) is 2.42. The van der Waals surface area contributed by atoms with Crippen molar-refractivity contribution in [3.63, 3.8) is 0 Å². The molecule has 0 fully saturated rings. The first-order chi connectivity index (χ1) is 9.27. The van der Waals surface area contributed by atoms with E-state index in [9.17, 15) is 5.11 Å². The van der Waals surface area contributed by atoms with Gasteiger partial charge in [0.15, 0.2) is 0 Å². The van der Waals surface area contributed by atoms with Crippen LogP contribution in [-0.4, -0.2) is 48.5 Å². The Labute approximate surface area is 119 Å². The summed E-state index contributed by atoms with van der Waals surface area (Å²) in [6, 6.07) is 7.45. The van der Waals surface area contributed by atoms with Gasteiger partial charge in [-0.15, -0.1) is 0 Å². The summed E-state index contributed by atoms with van der Waals surface area (Å²) < 4.78 is 5.08. The Morgan fingerprint density at radius 1 is 1.26 bits per heavy atom. The molecule has 3 N–H and O–H groups in total. The third kappa shape index (κ3) is 6.82. The maximum absolute atomic E-state index is 9.98. The summed E-state index contributed by atoms with van der Waals surface area (Å²) in [5.74, 6) is 2.78. The second-order valence-corrected chi connectivity index (χ2v) is 5.41. The van der Waals surface area contributed by atoms with E-state index in [1.807, 2.05) is 36.0 Å². The second kappa shape index (κ2) is 10.1. The molecule has 0 aliphatic carbocycles. The Bertz CT molecular complexity index is 332. The van der Waals surface area contributed by atoms with Crippen molar-refractivity contribution in [3.8, 4) is 5.75 Å². The molecule has 5 heteroatoms. The lowest BCUT2D eigenvalue weighted by Gasteiger charge is -2.12. The van der Waals surface area contributed by atoms with E-state index in [0.29, 0.717) is 6.54 Å². The summed E-state index contributed by atoms with van der Waals surface area (Å²) in [7, 11) is 1.63. The molecule has 0 saturated carbocycles. The first kappa shape index (κ1) is 16.3. The number of methoxy groups -OCH3 is 1. The van der Waals surface area contributed by atoms with Crippen LogP contribution in [0.2, 0.25) is 0 Å². The Morgan fingerprint density at radius 3 is 2.63 bits per heavy atom. The zero-order valence-corrected chi connectivity index (χ0v) is 12.2. The smallest absolute Gasteiger partial charge is 0.118 e. The first-order valence-electron chi connectivity index (χ1n) is 6.49. The molecule has 1 aromatic rings. The fourth-order valence-electron chi connectivity index (χ4n) is 1.60. The van der Waals surface area contributed by atoms with Gasteiger partial charge in [0.1, 0.15) is 5.75 Å². The van der Waals surface area contributed by atoms with Gasteiger partial charge in [-0.05, 0) is 29.9 Å². The Balaban J connectivity index is 2.14. The number of hydrogen-bond acceptors (Lipinski definition) is 5. The van der Waals surface area contributed by atoms with E-state index in [4.69, 9.17) is 9.84 Å². The Morgan fingerprint density at radius 2 is 2.00 bits per heavy atom. The van der Waals surface area contributed by atoms with E-state index in [1.165, 1.54) is 0 Å². The van der Waals surface area contributed by atoms with Gasteiger partial charge in [-0.1, -0.05) is 12.1 Å². The quantitative estimate of drug-likeness (QED) is 0.568. The SMILES string of the molecule is COc1ccc(C(O)CNCCSCCCO)cc1. The lowest BCUT2D eigenvalue weighted by Crippen LogP contribution is -2.23. The van der Waals surface area contributed by atoms with E-state index < -0.39 is 6.10 Å². The zero-order valence-electron chi connectivity index (χ0n) is 11.3. The molecule has 1 unspecified atom stereocenters. The molecule has 0 aliphatic heterocycles. The van der Waals surface area contributed by atoms with Gasteiger partial charge >= 0.3 is 0 Å². The third-order valence-electron chi connectivity index (χ3n) is 2.71. The molecular formula is C14H23NO3S. The first-order valence-corrected chi connectivity index (χ1v) is 7.64. The van der Waals surface area contributed by atoms with Crippen molar-refractivity contribution < 1.29 is 14.9 Å². The minimum Gasteiger partial charge on any atom is -0.497 e. The molecule has 0 aromatic heterocycles. The monoisotopic (exact) mass is 285 g/mol. The van der Waals surface area contributed by atoms with E-state index in [0.717, 1.165) is 35.8 Å². The van der Waals surface area contributed by atoms with Crippen LogP contribution in [-0.2, 0) is 0 Å². The summed E-state index contributed by atoms with van der Waals surface area (Å²) in [5.41, 5.74) is 0.890. The molecule has 0 spiro atoms. The molecule has 1 rings (SSSR count). The molecule has 0 aliphatic rings. The van der Waals surface area contributed by atoms with Crippen LogP contribution >= 0.6 is 11.8 Å². The van der Waals surface area contributed by atoms with Gasteiger partial charge in [-0.3, -0.25) is 0 Å². The molecule has 0 radical (unpaired) electrons. The van der Waals surface area contributed by atoms with Crippen molar-refractivity contribution in [1.29, 1.82) is 0 Å². The summed E-state index contributed by atoms with van der Waals surface area (Å²) in [6.45, 7) is 1.67. The second-order valence-electron chi connectivity index (χ2n) is 4.18. The summed E-state index contributed by atoms with van der Waals surface area (Å²) in [6.07, 6.45) is 0.354. The van der Waals surface area contributed by atoms with Crippen LogP contribution in [0.3, 0.4) is 0 Å². The highest BCUT2D eigenvalue weighted by Crippen LogP contribution is 2.16. The molecule has 1 aromatic carbocycles. The highest BCUT2D eigenvalue weighted by atomic mass is 32.2. The van der Waals surface area contributed by atoms with E-state index in [2.05, 4.69) is 5.32 Å². The maximum atomic E-state index is 9.98. The van der Waals surface area contributed by atoms with Crippen LogP contribution in [0, 0.1) is 0 Å². The average molecular weight is 285 g/mol. The minimum absolute atomic E-state index is 0.261. The van der Waals surface area contributed by atoms with E-state index >= 15 is 0 Å². The van der Waals surface area contributed by atoms with Gasteiger partial charge in [-0.2, -0.15) is 11.8 Å². The van der Waals surface area contributed by atoms with Gasteiger partial charge in [0.2, 0.25) is 0 Å². The van der Waals surface area contributed by atoms with Crippen LogP contribution in [0.15, 0.2) is 24.3 Å². The molecule has 0 bridgehead atoms. The van der Waals surface area contributed by atoms with Crippen LogP contribution < -0.4 is 10.1 Å². The van der Waals surface area contributed by atoms with Crippen molar-refractivity contribution in [2.45, 2.75) is 12.5 Å². The minimum atomic E-state index is -0.492. The van der Waals surface area contributed by atoms with Gasteiger partial charge in [0.25, 0.3) is 0 Å². The number of thioether (sulfide) groups is 1. The van der Waals surface area contributed by atoms with Crippen LogP contribution in [0.1, 0.15) is 18.1 Å². The van der Waals surface area contributed by atoms with Crippen molar-refractivity contribution in [1.82, 2.24) is 5.32 Å². The van der Waals surface area contributed by atoms with Crippen LogP contribution in [0.25, 0.3) is 0 Å². The van der Waals surface area contributed by atoms with Crippen molar-refractivity contribution >= 4 is 11.8 Å². The molecule has 1 atom stereocenters. The zero-order chi connectivity index (χ0) is 13.9. The molecule has 0 amide bonds. The number of aliphatic hydroxyl groups is 2. The summed E-state index contributed by atoms with van der Waals surface area (Å²) in [4.78, 5) is 0. The largest absolute Gasteiger partial charge is 0.497 e. The summed E-state index contributed by atoms with van der Waals surface area (Å²) >= 11 is 1.81. The number of hydrogen-bond donors (Lipinski definition) is 3. The third-order valence-corrected chi connectivity index (χ3v) is 3.78. The molecule has 0 heterocycles. The standard InChI is InChI=1S/C14H23NO3S/c1-18-13-5-3-12(4-6-13)14(17)11-15-7-10-19-9-2-8-16/h3-6,14-17H,2,7-11H2,1H3. The highest BCUT2D eigenvalue weighted by molar-refractivity contribution is 7.99. The highest BCUT2D eigenvalue weighted by Gasteiger charge is 2.06. The Hall–Kier alpha value is -0.750. The molecule has 108 valence electrons.